The van der Waals surface area contributed by atoms with E-state index in [1.54, 1.807) is 11.8 Å². The van der Waals surface area contributed by atoms with E-state index in [0.29, 0.717) is 0 Å². The lowest BCUT2D eigenvalue weighted by Crippen LogP contribution is -1.80. The summed E-state index contributed by atoms with van der Waals surface area (Å²) in [6, 6.07) is 18.6. The molecule has 0 aliphatic carbocycles. The van der Waals surface area contributed by atoms with Crippen molar-refractivity contribution in [3.63, 3.8) is 0 Å². The Labute approximate surface area is 118 Å². The quantitative estimate of drug-likeness (QED) is 0.648. The summed E-state index contributed by atoms with van der Waals surface area (Å²) in [5.41, 5.74) is 1.04. The molecular formula is C15H10BrNS. The SMILES string of the molecule is Brc1cccc(Sc2cnc3ccccc3c2)c1. The number of benzene rings is 2. The Morgan fingerprint density at radius 3 is 2.67 bits per heavy atom. The van der Waals surface area contributed by atoms with Crippen LogP contribution in [-0.4, -0.2) is 4.98 Å². The van der Waals surface area contributed by atoms with Crippen LogP contribution in [0.2, 0.25) is 0 Å². The van der Waals surface area contributed by atoms with E-state index in [2.05, 4.69) is 45.2 Å². The first-order chi connectivity index (χ1) is 8.81. The Hall–Kier alpha value is -1.32. The zero-order chi connectivity index (χ0) is 12.4. The predicted octanol–water partition coefficient (Wildman–Crippen LogP) is 5.15. The van der Waals surface area contributed by atoms with Crippen molar-refractivity contribution < 1.29 is 0 Å². The number of nitrogens with zero attached hydrogens (tertiary/aromatic N) is 1. The molecule has 0 amide bonds. The van der Waals surface area contributed by atoms with Crippen LogP contribution < -0.4 is 0 Å². The molecule has 18 heavy (non-hydrogen) atoms. The van der Waals surface area contributed by atoms with Crippen molar-refractivity contribution in [3.05, 3.63) is 65.3 Å². The van der Waals surface area contributed by atoms with E-state index >= 15 is 0 Å². The molecule has 3 heteroatoms. The summed E-state index contributed by atoms with van der Waals surface area (Å²) in [7, 11) is 0. The third-order valence-electron chi connectivity index (χ3n) is 2.60. The maximum atomic E-state index is 4.47. The third-order valence-corrected chi connectivity index (χ3v) is 4.04. The molecule has 0 atom stereocenters. The second kappa shape index (κ2) is 5.12. The van der Waals surface area contributed by atoms with Gasteiger partial charge in [0.05, 0.1) is 5.52 Å². The maximum Gasteiger partial charge on any atom is 0.0702 e. The van der Waals surface area contributed by atoms with Crippen molar-refractivity contribution in [1.82, 2.24) is 4.98 Å². The van der Waals surface area contributed by atoms with Gasteiger partial charge < -0.3 is 0 Å². The minimum atomic E-state index is 1.04. The van der Waals surface area contributed by atoms with Gasteiger partial charge in [0.1, 0.15) is 0 Å². The van der Waals surface area contributed by atoms with Gasteiger partial charge in [0.25, 0.3) is 0 Å². The fraction of sp³-hybridized carbons (Fsp3) is 0. The van der Waals surface area contributed by atoms with Crippen LogP contribution in [0.4, 0.5) is 0 Å². The van der Waals surface area contributed by atoms with Gasteiger partial charge in [-0.2, -0.15) is 0 Å². The topological polar surface area (TPSA) is 12.9 Å². The third kappa shape index (κ3) is 2.57. The minimum absolute atomic E-state index is 1.04. The maximum absolute atomic E-state index is 4.47. The van der Waals surface area contributed by atoms with Crippen LogP contribution in [0.3, 0.4) is 0 Å². The first-order valence-electron chi connectivity index (χ1n) is 5.59. The number of para-hydroxylation sites is 1. The van der Waals surface area contributed by atoms with Crippen molar-refractivity contribution in [3.8, 4) is 0 Å². The van der Waals surface area contributed by atoms with Gasteiger partial charge in [0, 0.05) is 25.8 Å². The molecule has 0 bridgehead atoms. The molecule has 0 aliphatic rings. The van der Waals surface area contributed by atoms with E-state index < -0.39 is 0 Å². The Balaban J connectivity index is 1.95. The lowest BCUT2D eigenvalue weighted by molar-refractivity contribution is 1.29. The summed E-state index contributed by atoms with van der Waals surface area (Å²) in [5.74, 6) is 0. The van der Waals surface area contributed by atoms with Crippen LogP contribution in [0.5, 0.6) is 0 Å². The van der Waals surface area contributed by atoms with Gasteiger partial charge in [0.15, 0.2) is 0 Å². The summed E-state index contributed by atoms with van der Waals surface area (Å²) >= 11 is 5.21. The van der Waals surface area contributed by atoms with Crippen molar-refractivity contribution in [2.75, 3.05) is 0 Å². The molecule has 0 fully saturated rings. The predicted molar refractivity (Wildman–Crippen MR) is 80.0 cm³/mol. The molecule has 0 saturated carbocycles. The Kier molecular flexibility index (Phi) is 3.35. The molecular weight excluding hydrogens is 306 g/mol. The van der Waals surface area contributed by atoms with Crippen LogP contribution in [0.15, 0.2) is 75.1 Å². The standard InChI is InChI=1S/C15H10BrNS/c16-12-5-3-6-13(9-12)18-14-8-11-4-1-2-7-15(11)17-10-14/h1-10H. The number of aromatic nitrogens is 1. The van der Waals surface area contributed by atoms with Gasteiger partial charge in [-0.1, -0.05) is 52.0 Å². The summed E-state index contributed by atoms with van der Waals surface area (Å²) < 4.78 is 1.10. The van der Waals surface area contributed by atoms with Gasteiger partial charge in [-0.05, 0) is 30.3 Å². The van der Waals surface area contributed by atoms with Crippen molar-refractivity contribution >= 4 is 38.6 Å². The van der Waals surface area contributed by atoms with Crippen LogP contribution in [0.1, 0.15) is 0 Å². The molecule has 0 unspecified atom stereocenters. The van der Waals surface area contributed by atoms with E-state index in [9.17, 15) is 0 Å². The fourth-order valence-corrected chi connectivity index (χ4v) is 3.22. The molecule has 1 heterocycles. The highest BCUT2D eigenvalue weighted by Gasteiger charge is 2.00. The molecule has 0 saturated heterocycles. The van der Waals surface area contributed by atoms with E-state index in [1.165, 1.54) is 10.3 Å². The highest BCUT2D eigenvalue weighted by atomic mass is 79.9. The van der Waals surface area contributed by atoms with Crippen molar-refractivity contribution in [1.29, 1.82) is 0 Å². The van der Waals surface area contributed by atoms with Crippen LogP contribution in [-0.2, 0) is 0 Å². The van der Waals surface area contributed by atoms with E-state index in [1.807, 2.05) is 36.5 Å². The van der Waals surface area contributed by atoms with Crippen molar-refractivity contribution in [2.24, 2.45) is 0 Å². The number of pyridine rings is 1. The highest BCUT2D eigenvalue weighted by Crippen LogP contribution is 2.30. The molecule has 0 spiro atoms. The number of hydrogen-bond acceptors (Lipinski definition) is 2. The van der Waals surface area contributed by atoms with Crippen LogP contribution >= 0.6 is 27.7 Å². The fourth-order valence-electron chi connectivity index (χ4n) is 1.77. The Morgan fingerprint density at radius 2 is 1.78 bits per heavy atom. The van der Waals surface area contributed by atoms with E-state index in [4.69, 9.17) is 0 Å². The summed E-state index contributed by atoms with van der Waals surface area (Å²) in [6.07, 6.45) is 1.92. The van der Waals surface area contributed by atoms with Gasteiger partial charge in [0.2, 0.25) is 0 Å². The molecule has 1 nitrogen and oxygen atoms in total. The zero-order valence-corrected chi connectivity index (χ0v) is 11.9. The lowest BCUT2D eigenvalue weighted by Gasteiger charge is -2.03. The monoisotopic (exact) mass is 315 g/mol. The first kappa shape index (κ1) is 11.8. The Morgan fingerprint density at radius 1 is 0.889 bits per heavy atom. The first-order valence-corrected chi connectivity index (χ1v) is 7.20. The average molecular weight is 316 g/mol. The Bertz CT molecular complexity index is 697. The zero-order valence-electron chi connectivity index (χ0n) is 9.51. The molecule has 3 rings (SSSR count). The van der Waals surface area contributed by atoms with E-state index in [0.717, 1.165) is 14.9 Å². The number of fused-ring (bicyclic) bond motifs is 1. The molecule has 0 radical (unpaired) electrons. The highest BCUT2D eigenvalue weighted by molar-refractivity contribution is 9.10. The van der Waals surface area contributed by atoms with Crippen LogP contribution in [0, 0.1) is 0 Å². The molecule has 1 aromatic heterocycles. The smallest absolute Gasteiger partial charge is 0.0702 e. The largest absolute Gasteiger partial charge is 0.255 e. The van der Waals surface area contributed by atoms with Gasteiger partial charge in [-0.15, -0.1) is 0 Å². The summed E-state index contributed by atoms with van der Waals surface area (Å²) in [4.78, 5) is 6.84. The minimum Gasteiger partial charge on any atom is -0.255 e. The number of rotatable bonds is 2. The van der Waals surface area contributed by atoms with E-state index in [-0.39, 0.29) is 0 Å². The van der Waals surface area contributed by atoms with Gasteiger partial charge in [-0.3, -0.25) is 4.98 Å². The van der Waals surface area contributed by atoms with Crippen molar-refractivity contribution in [2.45, 2.75) is 9.79 Å². The lowest BCUT2D eigenvalue weighted by atomic mass is 10.2. The average Bonchev–Trinajstić information content (AvgIpc) is 2.39. The summed E-state index contributed by atoms with van der Waals surface area (Å²) in [5, 5.41) is 1.18. The number of hydrogen-bond donors (Lipinski definition) is 0. The summed E-state index contributed by atoms with van der Waals surface area (Å²) in [6.45, 7) is 0. The molecule has 2 aromatic carbocycles. The normalized spacial score (nSPS) is 10.7. The second-order valence-electron chi connectivity index (χ2n) is 3.92. The molecule has 0 aliphatic heterocycles. The molecule has 88 valence electrons. The van der Waals surface area contributed by atoms with Crippen LogP contribution in [0.25, 0.3) is 10.9 Å². The van der Waals surface area contributed by atoms with Gasteiger partial charge in [-0.25, -0.2) is 0 Å². The number of halogens is 1. The molecule has 3 aromatic rings. The molecule has 0 N–H and O–H groups in total. The second-order valence-corrected chi connectivity index (χ2v) is 5.99. The van der Waals surface area contributed by atoms with Gasteiger partial charge >= 0.3 is 0 Å².